The highest BCUT2D eigenvalue weighted by atomic mass is 32.2. The van der Waals surface area contributed by atoms with Crippen LogP contribution in [0.25, 0.3) is 0 Å². The molecule has 2 N–H and O–H groups in total. The highest BCUT2D eigenvalue weighted by Gasteiger charge is 2.17. The van der Waals surface area contributed by atoms with Crippen LogP contribution in [-0.2, 0) is 16.6 Å². The first kappa shape index (κ1) is 19.3. The molecular weight excluding hydrogens is 366 g/mol. The second-order valence-electron chi connectivity index (χ2n) is 6.44. The number of carbonyl (C=O) groups is 1. The zero-order chi connectivity index (χ0) is 19.3. The van der Waals surface area contributed by atoms with Gasteiger partial charge in [0.1, 0.15) is 6.10 Å². The van der Waals surface area contributed by atoms with Crippen molar-refractivity contribution in [1.29, 1.82) is 0 Å². The maximum atomic E-state index is 12.3. The Hall–Kier alpha value is -2.45. The summed E-state index contributed by atoms with van der Waals surface area (Å²) in [5, 5.41) is 2.82. The van der Waals surface area contributed by atoms with E-state index in [1.54, 1.807) is 6.20 Å². The van der Waals surface area contributed by atoms with Gasteiger partial charge < -0.3 is 10.1 Å². The number of sulfonamides is 1. The van der Waals surface area contributed by atoms with Gasteiger partial charge in [0.05, 0.1) is 4.90 Å². The minimum Gasteiger partial charge on any atom is -0.474 e. The lowest BCUT2D eigenvalue weighted by atomic mass is 10.2. The molecule has 8 heteroatoms. The van der Waals surface area contributed by atoms with Crippen LogP contribution in [-0.4, -0.2) is 32.5 Å². The molecule has 144 valence electrons. The summed E-state index contributed by atoms with van der Waals surface area (Å²) >= 11 is 0. The van der Waals surface area contributed by atoms with Gasteiger partial charge in [0, 0.05) is 24.4 Å². The molecule has 7 nitrogen and oxygen atoms in total. The van der Waals surface area contributed by atoms with E-state index in [0.29, 0.717) is 18.0 Å². The first-order chi connectivity index (χ1) is 13.0. The lowest BCUT2D eigenvalue weighted by Crippen LogP contribution is -2.23. The Balaban J connectivity index is 1.58. The van der Waals surface area contributed by atoms with Crippen molar-refractivity contribution in [3.8, 4) is 5.88 Å². The van der Waals surface area contributed by atoms with E-state index >= 15 is 0 Å². The number of aromatic nitrogens is 1. The van der Waals surface area contributed by atoms with Crippen molar-refractivity contribution in [2.75, 3.05) is 7.05 Å². The van der Waals surface area contributed by atoms with Gasteiger partial charge in [0.2, 0.25) is 15.9 Å². The first-order valence-electron chi connectivity index (χ1n) is 8.91. The van der Waals surface area contributed by atoms with Crippen LogP contribution in [0, 0.1) is 0 Å². The largest absolute Gasteiger partial charge is 0.474 e. The molecule has 1 aromatic heterocycles. The zero-order valence-corrected chi connectivity index (χ0v) is 16.0. The number of nitrogens with one attached hydrogen (secondary N) is 2. The van der Waals surface area contributed by atoms with Gasteiger partial charge in [-0.25, -0.2) is 18.1 Å². The fourth-order valence-corrected chi connectivity index (χ4v) is 3.72. The molecule has 0 unspecified atom stereocenters. The Morgan fingerprint density at radius 2 is 1.89 bits per heavy atom. The molecule has 0 atom stereocenters. The van der Waals surface area contributed by atoms with Gasteiger partial charge in [-0.3, -0.25) is 4.79 Å². The van der Waals surface area contributed by atoms with Crippen molar-refractivity contribution in [2.24, 2.45) is 0 Å². The van der Waals surface area contributed by atoms with Gasteiger partial charge in [-0.2, -0.15) is 0 Å². The molecule has 1 aliphatic carbocycles. The van der Waals surface area contributed by atoms with Crippen LogP contribution in [0.15, 0.2) is 47.5 Å². The maximum absolute atomic E-state index is 12.3. The summed E-state index contributed by atoms with van der Waals surface area (Å²) in [4.78, 5) is 16.6. The van der Waals surface area contributed by atoms with E-state index in [2.05, 4.69) is 15.0 Å². The van der Waals surface area contributed by atoms with Crippen LogP contribution in [0.3, 0.4) is 0 Å². The third-order valence-electron chi connectivity index (χ3n) is 4.54. The van der Waals surface area contributed by atoms with Gasteiger partial charge in [-0.15, -0.1) is 0 Å². The SMILES string of the molecule is CNS(=O)(=O)c1ccc(C(=O)NCc2ccnc(OC3CCCC3)c2)cc1. The van der Waals surface area contributed by atoms with Crippen LogP contribution in [0.1, 0.15) is 41.6 Å². The van der Waals surface area contributed by atoms with Gasteiger partial charge in [0.15, 0.2) is 0 Å². The molecule has 27 heavy (non-hydrogen) atoms. The van der Waals surface area contributed by atoms with E-state index in [-0.39, 0.29) is 16.9 Å². The van der Waals surface area contributed by atoms with E-state index in [1.807, 2.05) is 12.1 Å². The van der Waals surface area contributed by atoms with E-state index in [1.165, 1.54) is 44.2 Å². The number of ether oxygens (including phenoxy) is 1. The Morgan fingerprint density at radius 3 is 2.56 bits per heavy atom. The third kappa shape index (κ3) is 5.05. The predicted molar refractivity (Wildman–Crippen MR) is 101 cm³/mol. The number of pyridine rings is 1. The van der Waals surface area contributed by atoms with E-state index in [9.17, 15) is 13.2 Å². The van der Waals surface area contributed by atoms with Crippen LogP contribution < -0.4 is 14.8 Å². The number of amides is 1. The molecule has 3 rings (SSSR count). The summed E-state index contributed by atoms with van der Waals surface area (Å²) in [6.45, 7) is 0.332. The Labute approximate surface area is 159 Å². The Kier molecular flexibility index (Phi) is 6.08. The number of benzene rings is 1. The summed E-state index contributed by atoms with van der Waals surface area (Å²) in [6.07, 6.45) is 6.39. The molecule has 1 aromatic carbocycles. The molecule has 2 aromatic rings. The lowest BCUT2D eigenvalue weighted by Gasteiger charge is -2.13. The molecule has 1 saturated carbocycles. The highest BCUT2D eigenvalue weighted by molar-refractivity contribution is 7.89. The summed E-state index contributed by atoms with van der Waals surface area (Å²) in [6, 6.07) is 9.44. The molecule has 1 aliphatic rings. The van der Waals surface area contributed by atoms with E-state index < -0.39 is 10.0 Å². The average Bonchev–Trinajstić information content (AvgIpc) is 3.19. The Bertz CT molecular complexity index is 891. The summed E-state index contributed by atoms with van der Waals surface area (Å²) in [7, 11) is -2.17. The highest BCUT2D eigenvalue weighted by Crippen LogP contribution is 2.23. The van der Waals surface area contributed by atoms with Crippen molar-refractivity contribution in [3.63, 3.8) is 0 Å². The van der Waals surface area contributed by atoms with Gasteiger partial charge >= 0.3 is 0 Å². The second kappa shape index (κ2) is 8.49. The quantitative estimate of drug-likeness (QED) is 0.757. The van der Waals surface area contributed by atoms with Crippen LogP contribution in [0.5, 0.6) is 5.88 Å². The number of carbonyl (C=O) groups excluding carboxylic acids is 1. The minimum atomic E-state index is -3.51. The molecule has 0 saturated heterocycles. The Morgan fingerprint density at radius 1 is 1.19 bits per heavy atom. The monoisotopic (exact) mass is 389 g/mol. The van der Waals surface area contributed by atoms with Crippen LogP contribution >= 0.6 is 0 Å². The standard InChI is InChI=1S/C19H23N3O4S/c1-20-27(24,25)17-8-6-15(7-9-17)19(23)22-13-14-10-11-21-18(12-14)26-16-4-2-3-5-16/h6-12,16,20H,2-5,13H2,1H3,(H,22,23). The smallest absolute Gasteiger partial charge is 0.251 e. The summed E-state index contributed by atoms with van der Waals surface area (Å²) < 4.78 is 31.6. The number of nitrogens with zero attached hydrogens (tertiary/aromatic N) is 1. The number of hydrogen-bond acceptors (Lipinski definition) is 5. The van der Waals surface area contributed by atoms with E-state index in [4.69, 9.17) is 4.74 Å². The third-order valence-corrected chi connectivity index (χ3v) is 5.97. The molecule has 1 fully saturated rings. The van der Waals surface area contributed by atoms with Gasteiger partial charge in [-0.1, -0.05) is 0 Å². The second-order valence-corrected chi connectivity index (χ2v) is 8.33. The topological polar surface area (TPSA) is 97.4 Å². The maximum Gasteiger partial charge on any atom is 0.251 e. The lowest BCUT2D eigenvalue weighted by molar-refractivity contribution is 0.0950. The van der Waals surface area contributed by atoms with Crippen LogP contribution in [0.2, 0.25) is 0 Å². The average molecular weight is 389 g/mol. The van der Waals surface area contributed by atoms with Crippen molar-refractivity contribution in [3.05, 3.63) is 53.7 Å². The fourth-order valence-electron chi connectivity index (χ4n) is 2.99. The van der Waals surface area contributed by atoms with E-state index in [0.717, 1.165) is 18.4 Å². The normalized spacial score (nSPS) is 14.9. The molecule has 1 heterocycles. The molecular formula is C19H23N3O4S. The number of rotatable bonds is 7. The zero-order valence-electron chi connectivity index (χ0n) is 15.1. The molecule has 0 spiro atoms. The number of hydrogen-bond donors (Lipinski definition) is 2. The van der Waals surface area contributed by atoms with Crippen LogP contribution in [0.4, 0.5) is 0 Å². The first-order valence-corrected chi connectivity index (χ1v) is 10.4. The van der Waals surface area contributed by atoms with Crippen molar-refractivity contribution in [1.82, 2.24) is 15.0 Å². The predicted octanol–water partition coefficient (Wildman–Crippen LogP) is 2.24. The van der Waals surface area contributed by atoms with Crippen molar-refractivity contribution < 1.29 is 17.9 Å². The van der Waals surface area contributed by atoms with Gasteiger partial charge in [0.25, 0.3) is 5.91 Å². The molecule has 0 bridgehead atoms. The molecule has 0 aliphatic heterocycles. The summed E-state index contributed by atoms with van der Waals surface area (Å²) in [5.41, 5.74) is 1.28. The summed E-state index contributed by atoms with van der Waals surface area (Å²) in [5.74, 6) is 0.300. The minimum absolute atomic E-state index is 0.115. The fraction of sp³-hybridized carbons (Fsp3) is 0.368. The van der Waals surface area contributed by atoms with Gasteiger partial charge in [-0.05, 0) is 68.6 Å². The molecule has 0 radical (unpaired) electrons. The van der Waals surface area contributed by atoms with Crippen molar-refractivity contribution in [2.45, 2.75) is 43.2 Å². The van der Waals surface area contributed by atoms with Crippen molar-refractivity contribution >= 4 is 15.9 Å². The molecule has 1 amide bonds.